The Labute approximate surface area is 204 Å². The molecule has 2 aromatic rings. The summed E-state index contributed by atoms with van der Waals surface area (Å²) in [6, 6.07) is 14.1. The molecule has 3 rings (SSSR count). The molecule has 0 fully saturated rings. The summed E-state index contributed by atoms with van der Waals surface area (Å²) in [6.07, 6.45) is 13.3. The average Bonchev–Trinajstić information content (AvgIpc) is 3.34. The lowest BCUT2D eigenvalue weighted by Crippen LogP contribution is -2.00. The predicted octanol–water partition coefficient (Wildman–Crippen LogP) is 6.58. The van der Waals surface area contributed by atoms with Crippen LogP contribution in [0.4, 0.5) is 0 Å². The summed E-state index contributed by atoms with van der Waals surface area (Å²) in [7, 11) is 1.63. The molecule has 1 aliphatic heterocycles. The Morgan fingerprint density at radius 2 is 1.71 bits per heavy atom. The summed E-state index contributed by atoms with van der Waals surface area (Å²) in [4.78, 5) is 0. The molecule has 0 radical (unpaired) electrons. The van der Waals surface area contributed by atoms with Crippen LogP contribution in [-0.4, -0.2) is 32.0 Å². The van der Waals surface area contributed by atoms with E-state index in [0.717, 1.165) is 55.6 Å². The number of benzene rings is 2. The van der Waals surface area contributed by atoms with Crippen molar-refractivity contribution >= 4 is 11.6 Å². The van der Waals surface area contributed by atoms with Crippen LogP contribution in [0.2, 0.25) is 0 Å². The predicted molar refractivity (Wildman–Crippen MR) is 136 cm³/mol. The van der Waals surface area contributed by atoms with Gasteiger partial charge in [0.1, 0.15) is 5.75 Å². The van der Waals surface area contributed by atoms with Crippen molar-refractivity contribution in [1.29, 1.82) is 5.26 Å². The van der Waals surface area contributed by atoms with Gasteiger partial charge in [0.2, 0.25) is 0 Å². The lowest BCUT2D eigenvalue weighted by Gasteiger charge is -2.12. The van der Waals surface area contributed by atoms with Gasteiger partial charge in [0.25, 0.3) is 0 Å². The van der Waals surface area contributed by atoms with E-state index < -0.39 is 0 Å². The minimum Gasteiger partial charge on any atom is -0.493 e. The number of aliphatic hydroxyl groups excluding tert-OH is 1. The first-order valence-corrected chi connectivity index (χ1v) is 12.5. The second-order valence-corrected chi connectivity index (χ2v) is 8.76. The fourth-order valence-corrected chi connectivity index (χ4v) is 4.21. The number of methoxy groups -OCH3 is 1. The molecule has 2 aromatic carbocycles. The van der Waals surface area contributed by atoms with Gasteiger partial charge in [-0.15, -0.1) is 0 Å². The third-order valence-corrected chi connectivity index (χ3v) is 6.19. The van der Waals surface area contributed by atoms with Gasteiger partial charge >= 0.3 is 0 Å². The lowest BCUT2D eigenvalue weighted by molar-refractivity contribution is 0.281. The number of nitriles is 1. The Morgan fingerprint density at radius 1 is 0.971 bits per heavy atom. The number of nitrogens with zero attached hydrogens (tertiary/aromatic N) is 1. The Hall–Kier alpha value is -2.97. The maximum absolute atomic E-state index is 9.75. The lowest BCUT2D eigenvalue weighted by atomic mass is 10.0. The molecule has 5 heteroatoms. The van der Waals surface area contributed by atoms with Crippen molar-refractivity contribution < 1.29 is 19.3 Å². The molecule has 0 aromatic heterocycles. The second kappa shape index (κ2) is 14.3. The van der Waals surface area contributed by atoms with Crippen molar-refractivity contribution in [3.8, 4) is 23.3 Å². The van der Waals surface area contributed by atoms with Gasteiger partial charge in [-0.05, 0) is 59.9 Å². The van der Waals surface area contributed by atoms with Crippen LogP contribution in [0.15, 0.2) is 36.4 Å². The molecular formula is C29H37NO4. The summed E-state index contributed by atoms with van der Waals surface area (Å²) in [5.41, 5.74) is 3.53. The van der Waals surface area contributed by atoms with Gasteiger partial charge in [0, 0.05) is 13.0 Å². The van der Waals surface area contributed by atoms with Crippen LogP contribution >= 0.6 is 0 Å². The van der Waals surface area contributed by atoms with Gasteiger partial charge in [-0.2, -0.15) is 5.26 Å². The van der Waals surface area contributed by atoms with Crippen molar-refractivity contribution in [2.75, 3.05) is 26.9 Å². The second-order valence-electron chi connectivity index (χ2n) is 8.76. The minimum atomic E-state index is 0.314. The van der Waals surface area contributed by atoms with Crippen LogP contribution < -0.4 is 14.2 Å². The highest BCUT2D eigenvalue weighted by Gasteiger charge is 2.13. The van der Waals surface area contributed by atoms with Gasteiger partial charge in [0.15, 0.2) is 11.5 Å². The zero-order valence-corrected chi connectivity index (χ0v) is 20.4. The Kier molecular flexibility index (Phi) is 10.8. The van der Waals surface area contributed by atoms with Crippen LogP contribution in [0.25, 0.3) is 11.6 Å². The summed E-state index contributed by atoms with van der Waals surface area (Å²) in [6.45, 7) is 1.69. The molecule has 1 N–H and O–H groups in total. The molecule has 1 aliphatic rings. The van der Waals surface area contributed by atoms with Crippen LogP contribution in [-0.2, 0) is 6.42 Å². The number of ether oxygens (including phenoxy) is 3. The molecular weight excluding hydrogens is 426 g/mol. The maximum Gasteiger partial charge on any atom is 0.161 e. The Balaban J connectivity index is 1.47. The zero-order chi connectivity index (χ0) is 24.0. The van der Waals surface area contributed by atoms with Crippen molar-refractivity contribution in [1.82, 2.24) is 0 Å². The topological polar surface area (TPSA) is 71.7 Å². The van der Waals surface area contributed by atoms with Crippen LogP contribution in [0.1, 0.15) is 74.5 Å². The third-order valence-electron chi connectivity index (χ3n) is 6.19. The van der Waals surface area contributed by atoms with Gasteiger partial charge < -0.3 is 19.3 Å². The molecule has 0 amide bonds. The van der Waals surface area contributed by atoms with Gasteiger partial charge in [0.05, 0.1) is 32.0 Å². The number of rotatable bonds is 15. The monoisotopic (exact) mass is 463 g/mol. The van der Waals surface area contributed by atoms with E-state index in [4.69, 9.17) is 19.3 Å². The Morgan fingerprint density at radius 3 is 2.41 bits per heavy atom. The van der Waals surface area contributed by atoms with E-state index >= 15 is 0 Å². The molecule has 0 atom stereocenters. The summed E-state index contributed by atoms with van der Waals surface area (Å²) in [5.74, 6) is 2.25. The zero-order valence-electron chi connectivity index (χ0n) is 20.4. The van der Waals surface area contributed by atoms with Gasteiger partial charge in [-0.1, -0.05) is 57.1 Å². The van der Waals surface area contributed by atoms with Gasteiger partial charge in [-0.3, -0.25) is 0 Å². The summed E-state index contributed by atoms with van der Waals surface area (Å²) in [5, 5.41) is 18.5. The van der Waals surface area contributed by atoms with E-state index in [-0.39, 0.29) is 0 Å². The Bertz CT molecular complexity index is 977. The van der Waals surface area contributed by atoms with Crippen molar-refractivity contribution in [3.63, 3.8) is 0 Å². The summed E-state index contributed by atoms with van der Waals surface area (Å²) >= 11 is 0. The van der Waals surface area contributed by atoms with E-state index in [2.05, 4.69) is 12.1 Å². The highest BCUT2D eigenvalue weighted by molar-refractivity contribution is 5.90. The highest BCUT2D eigenvalue weighted by Crippen LogP contribution is 2.32. The molecule has 1 heterocycles. The number of aliphatic hydroxyl groups is 1. The van der Waals surface area contributed by atoms with E-state index in [1.165, 1.54) is 37.7 Å². The smallest absolute Gasteiger partial charge is 0.161 e. The average molecular weight is 464 g/mol. The molecule has 182 valence electrons. The number of fused-ring (bicyclic) bond motifs is 1. The first-order valence-electron chi connectivity index (χ1n) is 12.5. The number of hydrogen-bond acceptors (Lipinski definition) is 5. The van der Waals surface area contributed by atoms with Crippen molar-refractivity contribution in [3.05, 3.63) is 53.1 Å². The van der Waals surface area contributed by atoms with Crippen LogP contribution in [0, 0.1) is 11.3 Å². The summed E-state index contributed by atoms with van der Waals surface area (Å²) < 4.78 is 17.2. The normalized spacial score (nSPS) is 12.7. The first kappa shape index (κ1) is 25.6. The number of hydrogen-bond donors (Lipinski definition) is 1. The minimum absolute atomic E-state index is 0.314. The molecule has 34 heavy (non-hydrogen) atoms. The maximum atomic E-state index is 9.75. The molecule has 0 unspecified atom stereocenters. The van der Waals surface area contributed by atoms with Crippen molar-refractivity contribution in [2.24, 2.45) is 0 Å². The standard InChI is InChI=1S/C29H37NO4/c1-32-29-21-25(26(22-30)19-23-11-12-24-15-18-34-28(24)20-23)13-14-27(29)33-17-10-8-6-4-2-3-5-7-9-16-31/h11-14,19-21,31H,2-10,15-18H2,1H3. The molecule has 0 aliphatic carbocycles. The quantitative estimate of drug-likeness (QED) is 0.184. The molecule has 0 saturated heterocycles. The first-order chi connectivity index (χ1) is 16.7. The molecule has 0 spiro atoms. The molecule has 0 bridgehead atoms. The number of allylic oxidation sites excluding steroid dienone is 1. The van der Waals surface area contributed by atoms with Crippen LogP contribution in [0.3, 0.4) is 0 Å². The SMILES string of the molecule is COc1cc(C(C#N)=Cc2ccc3c(c2)OCC3)ccc1OCCCCCCCCCCCO. The number of unbranched alkanes of at least 4 members (excludes halogenated alkanes) is 8. The van der Waals surface area contributed by atoms with Gasteiger partial charge in [-0.25, -0.2) is 0 Å². The molecule has 5 nitrogen and oxygen atoms in total. The van der Waals surface area contributed by atoms with Crippen LogP contribution in [0.5, 0.6) is 17.2 Å². The van der Waals surface area contributed by atoms with E-state index in [0.29, 0.717) is 30.3 Å². The fraction of sp³-hybridized carbons (Fsp3) is 0.483. The molecule has 0 saturated carbocycles. The van der Waals surface area contributed by atoms with E-state index in [9.17, 15) is 5.26 Å². The van der Waals surface area contributed by atoms with Crippen molar-refractivity contribution in [2.45, 2.75) is 64.2 Å². The van der Waals surface area contributed by atoms with E-state index in [1.54, 1.807) is 7.11 Å². The third kappa shape index (κ3) is 7.81. The fourth-order valence-electron chi connectivity index (χ4n) is 4.21. The highest BCUT2D eigenvalue weighted by atomic mass is 16.5. The largest absolute Gasteiger partial charge is 0.493 e. The van der Waals surface area contributed by atoms with E-state index in [1.807, 2.05) is 36.4 Å².